The summed E-state index contributed by atoms with van der Waals surface area (Å²) < 4.78 is 8.65. The van der Waals surface area contributed by atoms with Crippen molar-refractivity contribution in [3.8, 4) is 0 Å². The average molecular weight is 384 g/mol. The molecular weight excluding hydrogens is 358 g/mol. The van der Waals surface area contributed by atoms with Crippen LogP contribution in [0.5, 0.6) is 0 Å². The quantitative estimate of drug-likeness (QED) is 0.711. The molecule has 0 bridgehead atoms. The Kier molecular flexibility index (Phi) is 5.57. The first kappa shape index (κ1) is 18.2. The highest BCUT2D eigenvalue weighted by Crippen LogP contribution is 2.26. The van der Waals surface area contributed by atoms with Gasteiger partial charge in [-0.1, -0.05) is 29.8 Å². The summed E-state index contributed by atoms with van der Waals surface area (Å²) >= 11 is 1.68. The topological polar surface area (TPSA) is 46.5 Å². The molecule has 1 aliphatic heterocycles. The summed E-state index contributed by atoms with van der Waals surface area (Å²) in [5.74, 6) is -0.00114. The molecule has 6 heteroatoms. The number of rotatable bonds is 6. The van der Waals surface area contributed by atoms with E-state index in [0.717, 1.165) is 48.8 Å². The van der Waals surface area contributed by atoms with Crippen LogP contribution in [-0.4, -0.2) is 54.8 Å². The number of aromatic nitrogens is 1. The Bertz CT molecular complexity index is 907. The normalized spacial score (nSPS) is 15.3. The number of amides is 1. The Morgan fingerprint density at radius 1 is 1.19 bits per heavy atom. The van der Waals surface area contributed by atoms with Crippen LogP contribution in [-0.2, 0) is 11.3 Å². The van der Waals surface area contributed by atoms with Crippen LogP contribution in [0.15, 0.2) is 41.8 Å². The zero-order chi connectivity index (χ0) is 18.6. The largest absolute Gasteiger partial charge is 0.379 e. The summed E-state index contributed by atoms with van der Waals surface area (Å²) in [5.41, 5.74) is 4.30. The highest BCUT2D eigenvalue weighted by molar-refractivity contribution is 7.17. The number of ether oxygens (including phenoxy) is 1. The molecule has 27 heavy (non-hydrogen) atoms. The lowest BCUT2D eigenvalue weighted by Gasteiger charge is -2.26. The van der Waals surface area contributed by atoms with Gasteiger partial charge in [-0.05, 0) is 30.0 Å². The summed E-state index contributed by atoms with van der Waals surface area (Å²) in [6.07, 6.45) is 0. The van der Waals surface area contributed by atoms with E-state index in [0.29, 0.717) is 13.1 Å². The number of aryl methyl sites for hydroxylation is 1. The van der Waals surface area contributed by atoms with Crippen molar-refractivity contribution in [2.24, 2.45) is 0 Å². The summed E-state index contributed by atoms with van der Waals surface area (Å²) in [6, 6.07) is 12.6. The van der Waals surface area contributed by atoms with E-state index in [1.54, 1.807) is 11.3 Å². The summed E-state index contributed by atoms with van der Waals surface area (Å²) in [6.45, 7) is 7.75. The smallest absolute Gasteiger partial charge is 0.268 e. The maximum Gasteiger partial charge on any atom is 0.268 e. The molecule has 5 nitrogen and oxygen atoms in total. The second-order valence-electron chi connectivity index (χ2n) is 6.98. The van der Waals surface area contributed by atoms with Crippen molar-refractivity contribution in [1.29, 1.82) is 0 Å². The third kappa shape index (κ3) is 4.24. The molecule has 0 spiro atoms. The van der Waals surface area contributed by atoms with Crippen molar-refractivity contribution in [1.82, 2.24) is 14.8 Å². The van der Waals surface area contributed by atoms with Gasteiger partial charge in [-0.3, -0.25) is 9.69 Å². The number of carbonyl (C=O) groups excluding carboxylic acids is 1. The fraction of sp³-hybridized carbons (Fsp3) is 0.381. The minimum absolute atomic E-state index is 0.00114. The minimum Gasteiger partial charge on any atom is -0.379 e. The van der Waals surface area contributed by atoms with Crippen LogP contribution in [0.4, 0.5) is 0 Å². The molecule has 1 saturated heterocycles. The van der Waals surface area contributed by atoms with E-state index in [9.17, 15) is 4.79 Å². The Morgan fingerprint density at radius 3 is 2.74 bits per heavy atom. The van der Waals surface area contributed by atoms with Gasteiger partial charge in [0.25, 0.3) is 5.91 Å². The fourth-order valence-electron chi connectivity index (χ4n) is 3.45. The number of hydrogen-bond donors (Lipinski definition) is 1. The lowest BCUT2D eigenvalue weighted by atomic mass is 10.1. The number of thiophene rings is 1. The molecule has 1 aliphatic rings. The molecule has 1 aromatic carbocycles. The fourth-order valence-corrected chi connectivity index (χ4v) is 4.28. The van der Waals surface area contributed by atoms with Crippen LogP contribution < -0.4 is 5.32 Å². The van der Waals surface area contributed by atoms with Gasteiger partial charge < -0.3 is 14.6 Å². The average Bonchev–Trinajstić information content (AvgIpc) is 3.27. The summed E-state index contributed by atoms with van der Waals surface area (Å²) in [5, 5.41) is 5.17. The second kappa shape index (κ2) is 8.25. The molecule has 3 aromatic rings. The monoisotopic (exact) mass is 383 g/mol. The minimum atomic E-state index is -0.00114. The van der Waals surface area contributed by atoms with Crippen LogP contribution in [0.1, 0.15) is 21.6 Å². The Morgan fingerprint density at radius 2 is 1.96 bits per heavy atom. The zero-order valence-electron chi connectivity index (χ0n) is 15.6. The molecular formula is C21H25N3O2S. The van der Waals surface area contributed by atoms with E-state index in [-0.39, 0.29) is 5.91 Å². The van der Waals surface area contributed by atoms with E-state index in [1.165, 1.54) is 11.1 Å². The maximum absolute atomic E-state index is 12.8. The first-order chi connectivity index (χ1) is 13.2. The number of nitrogens with zero attached hydrogens (tertiary/aromatic N) is 2. The van der Waals surface area contributed by atoms with Crippen molar-refractivity contribution >= 4 is 27.5 Å². The Hall–Kier alpha value is -2.15. The molecule has 0 aliphatic carbocycles. The van der Waals surface area contributed by atoms with E-state index < -0.39 is 0 Å². The third-order valence-electron chi connectivity index (χ3n) is 5.03. The van der Waals surface area contributed by atoms with Crippen LogP contribution >= 0.6 is 11.3 Å². The van der Waals surface area contributed by atoms with Crippen molar-refractivity contribution in [2.45, 2.75) is 13.5 Å². The molecule has 0 radical (unpaired) electrons. The highest BCUT2D eigenvalue weighted by atomic mass is 32.1. The Labute approximate surface area is 163 Å². The van der Waals surface area contributed by atoms with Gasteiger partial charge in [0.1, 0.15) is 5.69 Å². The van der Waals surface area contributed by atoms with Crippen molar-refractivity contribution in [3.05, 3.63) is 58.6 Å². The molecule has 0 saturated carbocycles. The van der Waals surface area contributed by atoms with Crippen molar-refractivity contribution in [2.75, 3.05) is 39.4 Å². The lowest BCUT2D eigenvalue weighted by Crippen LogP contribution is -2.41. The number of hydrogen-bond acceptors (Lipinski definition) is 4. The summed E-state index contributed by atoms with van der Waals surface area (Å²) in [4.78, 5) is 15.2. The predicted octanol–water partition coefficient (Wildman–Crippen LogP) is 3.12. The molecule has 1 N–H and O–H groups in total. The number of morpholine rings is 1. The zero-order valence-corrected chi connectivity index (χ0v) is 16.4. The van der Waals surface area contributed by atoms with Gasteiger partial charge in [0.05, 0.1) is 23.4 Å². The van der Waals surface area contributed by atoms with Gasteiger partial charge in [-0.2, -0.15) is 0 Å². The SMILES string of the molecule is Cc1ccc(Cn2c(C(=O)NCCN3CCOCC3)cc3sccc32)cc1. The second-order valence-corrected chi connectivity index (χ2v) is 7.93. The van der Waals surface area contributed by atoms with Gasteiger partial charge in [0.15, 0.2) is 0 Å². The van der Waals surface area contributed by atoms with Gasteiger partial charge in [0, 0.05) is 32.7 Å². The number of fused-ring (bicyclic) bond motifs is 1. The molecule has 0 atom stereocenters. The Balaban J connectivity index is 1.47. The van der Waals surface area contributed by atoms with Gasteiger partial charge >= 0.3 is 0 Å². The van der Waals surface area contributed by atoms with Gasteiger partial charge in [-0.25, -0.2) is 0 Å². The van der Waals surface area contributed by atoms with E-state index in [2.05, 4.69) is 57.4 Å². The lowest BCUT2D eigenvalue weighted by molar-refractivity contribution is 0.0383. The van der Waals surface area contributed by atoms with Crippen molar-refractivity contribution in [3.63, 3.8) is 0 Å². The van der Waals surface area contributed by atoms with Crippen LogP contribution in [0.3, 0.4) is 0 Å². The molecule has 4 rings (SSSR count). The maximum atomic E-state index is 12.8. The predicted molar refractivity (Wildman–Crippen MR) is 110 cm³/mol. The van der Waals surface area contributed by atoms with Gasteiger partial charge in [0.2, 0.25) is 0 Å². The molecule has 1 fully saturated rings. The first-order valence-corrected chi connectivity index (χ1v) is 10.3. The first-order valence-electron chi connectivity index (χ1n) is 9.41. The third-order valence-corrected chi connectivity index (χ3v) is 5.89. The molecule has 0 unspecified atom stereocenters. The molecule has 2 aromatic heterocycles. The number of carbonyl (C=O) groups is 1. The van der Waals surface area contributed by atoms with Crippen molar-refractivity contribution < 1.29 is 9.53 Å². The number of benzene rings is 1. The van der Waals surface area contributed by atoms with Gasteiger partial charge in [-0.15, -0.1) is 11.3 Å². The molecule has 3 heterocycles. The molecule has 1 amide bonds. The van der Waals surface area contributed by atoms with E-state index in [1.807, 2.05) is 6.07 Å². The number of nitrogens with one attached hydrogen (secondary N) is 1. The van der Waals surface area contributed by atoms with E-state index >= 15 is 0 Å². The standard InChI is InChI=1S/C21H25N3O2S/c1-16-2-4-17(5-3-16)15-24-18-6-13-27-20(18)14-19(24)21(25)22-7-8-23-9-11-26-12-10-23/h2-6,13-14H,7-12,15H2,1H3,(H,22,25). The van der Waals surface area contributed by atoms with E-state index in [4.69, 9.17) is 4.74 Å². The summed E-state index contributed by atoms with van der Waals surface area (Å²) in [7, 11) is 0. The van der Waals surface area contributed by atoms with Crippen LogP contribution in [0, 0.1) is 6.92 Å². The van der Waals surface area contributed by atoms with Crippen LogP contribution in [0.25, 0.3) is 10.2 Å². The molecule has 142 valence electrons. The highest BCUT2D eigenvalue weighted by Gasteiger charge is 2.17. The van der Waals surface area contributed by atoms with Crippen LogP contribution in [0.2, 0.25) is 0 Å².